The van der Waals surface area contributed by atoms with Gasteiger partial charge in [-0.3, -0.25) is 4.98 Å². The van der Waals surface area contributed by atoms with Gasteiger partial charge in [0.05, 0.1) is 16.9 Å². The standard InChI is InChI=1S/C48H38N2/c1-5-15-44(42-20-11-9-16-33(42)2)40-30-39(31-41(32-40)45-28-29-49-47-23-14-13-22-46(45)47)37-26-24-36(25-27-37)35(4)50-48(38-18-7-6-8-19-38)43-21-12-10-17-34(43)3/h5-32H,1,4H2,2-3H3/b44-15-,50-48?. The summed E-state index contributed by atoms with van der Waals surface area (Å²) in [5.41, 5.74) is 16.1. The second-order valence-corrected chi connectivity index (χ2v) is 12.5. The summed E-state index contributed by atoms with van der Waals surface area (Å²) in [6.45, 7) is 12.8. The number of allylic oxidation sites excluding steroid dienone is 2. The van der Waals surface area contributed by atoms with Crippen molar-refractivity contribution in [3.63, 3.8) is 0 Å². The van der Waals surface area contributed by atoms with Crippen LogP contribution in [0, 0.1) is 13.8 Å². The molecule has 0 aliphatic rings. The van der Waals surface area contributed by atoms with Crippen molar-refractivity contribution < 1.29 is 0 Å². The number of aryl methyl sites for hydroxylation is 2. The highest BCUT2D eigenvalue weighted by Crippen LogP contribution is 2.37. The van der Waals surface area contributed by atoms with Gasteiger partial charge in [0.2, 0.25) is 0 Å². The monoisotopic (exact) mass is 642 g/mol. The Hall–Kier alpha value is -6.38. The lowest BCUT2D eigenvalue weighted by atomic mass is 9.88. The number of aliphatic imine (C=N–C) groups is 1. The van der Waals surface area contributed by atoms with E-state index >= 15 is 0 Å². The highest BCUT2D eigenvalue weighted by molar-refractivity contribution is 6.15. The largest absolute Gasteiger partial charge is 0.256 e. The molecule has 0 bridgehead atoms. The molecule has 2 heteroatoms. The normalized spacial score (nSPS) is 11.8. The molecule has 0 atom stereocenters. The Labute approximate surface area is 295 Å². The molecule has 1 aromatic heterocycles. The molecule has 0 aliphatic carbocycles. The average molecular weight is 643 g/mol. The van der Waals surface area contributed by atoms with Gasteiger partial charge < -0.3 is 0 Å². The minimum atomic E-state index is 0.715. The van der Waals surface area contributed by atoms with Crippen LogP contribution < -0.4 is 0 Å². The van der Waals surface area contributed by atoms with E-state index in [2.05, 4.69) is 165 Å². The number of nitrogens with zero attached hydrogens (tertiary/aromatic N) is 2. The van der Waals surface area contributed by atoms with Crippen LogP contribution in [0.15, 0.2) is 188 Å². The third kappa shape index (κ3) is 6.65. The zero-order chi connectivity index (χ0) is 34.5. The number of rotatable bonds is 9. The van der Waals surface area contributed by atoms with Crippen LogP contribution in [0.2, 0.25) is 0 Å². The highest BCUT2D eigenvalue weighted by atomic mass is 14.8. The Bertz CT molecular complexity index is 2410. The minimum Gasteiger partial charge on any atom is -0.256 e. The fourth-order valence-electron chi connectivity index (χ4n) is 6.56. The summed E-state index contributed by atoms with van der Waals surface area (Å²) in [5.74, 6) is 0. The lowest BCUT2D eigenvalue weighted by Crippen LogP contribution is -2.05. The Morgan fingerprint density at radius 1 is 0.580 bits per heavy atom. The summed E-state index contributed by atoms with van der Waals surface area (Å²) >= 11 is 0. The number of para-hydroxylation sites is 1. The Morgan fingerprint density at radius 3 is 1.94 bits per heavy atom. The SMILES string of the molecule is C=C/C=C(/c1cc(-c2ccc(C(=C)N=C(c3ccccc3)c3ccccc3C)cc2)cc(-c2ccnc3ccccc23)c1)c1ccccc1C. The summed E-state index contributed by atoms with van der Waals surface area (Å²) < 4.78 is 0. The van der Waals surface area contributed by atoms with E-state index in [0.29, 0.717) is 5.70 Å². The quantitative estimate of drug-likeness (QED) is 0.114. The zero-order valence-electron chi connectivity index (χ0n) is 28.5. The summed E-state index contributed by atoms with van der Waals surface area (Å²) in [6, 6.07) is 53.1. The number of hydrogen-bond acceptors (Lipinski definition) is 2. The molecule has 7 aromatic rings. The van der Waals surface area contributed by atoms with Crippen molar-refractivity contribution in [3.05, 3.63) is 222 Å². The van der Waals surface area contributed by atoms with E-state index in [1.165, 1.54) is 16.7 Å². The van der Waals surface area contributed by atoms with Crippen molar-refractivity contribution in [3.8, 4) is 22.3 Å². The molecule has 0 aliphatic heterocycles. The Morgan fingerprint density at radius 2 is 1.22 bits per heavy atom. The average Bonchev–Trinajstić information content (AvgIpc) is 3.16. The van der Waals surface area contributed by atoms with Gasteiger partial charge in [-0.2, -0.15) is 0 Å². The molecule has 0 radical (unpaired) electrons. The van der Waals surface area contributed by atoms with E-state index in [4.69, 9.17) is 4.99 Å². The van der Waals surface area contributed by atoms with Crippen molar-refractivity contribution in [1.29, 1.82) is 0 Å². The van der Waals surface area contributed by atoms with Gasteiger partial charge >= 0.3 is 0 Å². The predicted octanol–water partition coefficient (Wildman–Crippen LogP) is 12.3. The maximum atomic E-state index is 5.13. The van der Waals surface area contributed by atoms with E-state index in [9.17, 15) is 0 Å². The first-order valence-corrected chi connectivity index (χ1v) is 16.9. The second kappa shape index (κ2) is 14.4. The molecule has 2 nitrogen and oxygen atoms in total. The number of benzene rings is 6. The molecule has 0 saturated carbocycles. The van der Waals surface area contributed by atoms with E-state index in [0.717, 1.165) is 66.7 Å². The third-order valence-corrected chi connectivity index (χ3v) is 9.17. The predicted molar refractivity (Wildman–Crippen MR) is 213 cm³/mol. The van der Waals surface area contributed by atoms with E-state index in [1.54, 1.807) is 0 Å². The molecule has 7 rings (SSSR count). The van der Waals surface area contributed by atoms with Gasteiger partial charge in [-0.15, -0.1) is 0 Å². The van der Waals surface area contributed by atoms with Crippen LogP contribution in [-0.4, -0.2) is 10.7 Å². The van der Waals surface area contributed by atoms with Crippen LogP contribution in [0.5, 0.6) is 0 Å². The zero-order valence-corrected chi connectivity index (χ0v) is 28.5. The topological polar surface area (TPSA) is 25.2 Å². The van der Waals surface area contributed by atoms with Crippen LogP contribution in [0.1, 0.15) is 38.9 Å². The van der Waals surface area contributed by atoms with Gasteiger partial charge in [-0.1, -0.05) is 147 Å². The molecule has 50 heavy (non-hydrogen) atoms. The molecule has 0 saturated heterocycles. The van der Waals surface area contributed by atoms with Gasteiger partial charge in [0.25, 0.3) is 0 Å². The Balaban J connectivity index is 1.33. The third-order valence-electron chi connectivity index (χ3n) is 9.17. The lowest BCUT2D eigenvalue weighted by molar-refractivity contribution is 1.40. The van der Waals surface area contributed by atoms with Crippen molar-refractivity contribution in [2.75, 3.05) is 0 Å². The molecule has 1 heterocycles. The first kappa shape index (κ1) is 32.2. The van der Waals surface area contributed by atoms with Crippen molar-refractivity contribution in [2.45, 2.75) is 13.8 Å². The summed E-state index contributed by atoms with van der Waals surface area (Å²) in [6.07, 6.45) is 5.88. The number of aromatic nitrogens is 1. The first-order chi connectivity index (χ1) is 24.5. The van der Waals surface area contributed by atoms with Crippen molar-refractivity contribution >= 4 is 27.9 Å². The van der Waals surface area contributed by atoms with Crippen LogP contribution in [-0.2, 0) is 0 Å². The fourth-order valence-corrected chi connectivity index (χ4v) is 6.56. The maximum Gasteiger partial charge on any atom is 0.0784 e. The molecule has 0 N–H and O–H groups in total. The van der Waals surface area contributed by atoms with Crippen molar-refractivity contribution in [1.82, 2.24) is 4.98 Å². The van der Waals surface area contributed by atoms with Gasteiger partial charge in [-0.05, 0) is 99.8 Å². The molecule has 0 unspecified atom stereocenters. The molecule has 6 aromatic carbocycles. The van der Waals surface area contributed by atoms with Crippen LogP contribution in [0.25, 0.3) is 44.4 Å². The lowest BCUT2D eigenvalue weighted by Gasteiger charge is -2.16. The fraction of sp³-hybridized carbons (Fsp3) is 0.0417. The summed E-state index contributed by atoms with van der Waals surface area (Å²) in [7, 11) is 0. The molecular formula is C48H38N2. The summed E-state index contributed by atoms with van der Waals surface area (Å²) in [4.78, 5) is 9.77. The van der Waals surface area contributed by atoms with E-state index in [1.807, 2.05) is 36.5 Å². The van der Waals surface area contributed by atoms with E-state index < -0.39 is 0 Å². The highest BCUT2D eigenvalue weighted by Gasteiger charge is 2.15. The first-order valence-electron chi connectivity index (χ1n) is 16.9. The number of hydrogen-bond donors (Lipinski definition) is 0. The number of pyridine rings is 1. The molecule has 0 spiro atoms. The minimum absolute atomic E-state index is 0.715. The van der Waals surface area contributed by atoms with Gasteiger partial charge in [-0.25, -0.2) is 4.99 Å². The Kier molecular flexibility index (Phi) is 9.26. The maximum absolute atomic E-state index is 5.13. The van der Waals surface area contributed by atoms with Gasteiger partial charge in [0.15, 0.2) is 0 Å². The van der Waals surface area contributed by atoms with Gasteiger partial charge in [0.1, 0.15) is 0 Å². The second-order valence-electron chi connectivity index (χ2n) is 12.5. The molecular weight excluding hydrogens is 605 g/mol. The van der Waals surface area contributed by atoms with Gasteiger partial charge in [0, 0.05) is 22.7 Å². The van der Waals surface area contributed by atoms with Crippen LogP contribution in [0.4, 0.5) is 0 Å². The molecule has 0 amide bonds. The van der Waals surface area contributed by atoms with Crippen LogP contribution in [0.3, 0.4) is 0 Å². The molecule has 240 valence electrons. The molecule has 0 fully saturated rings. The number of fused-ring (bicyclic) bond motifs is 1. The van der Waals surface area contributed by atoms with Crippen LogP contribution >= 0.6 is 0 Å². The van der Waals surface area contributed by atoms with E-state index in [-0.39, 0.29) is 0 Å². The smallest absolute Gasteiger partial charge is 0.0784 e. The summed E-state index contributed by atoms with van der Waals surface area (Å²) in [5, 5.41) is 1.12. The van der Waals surface area contributed by atoms with Crippen molar-refractivity contribution in [2.24, 2.45) is 4.99 Å².